The number of rotatable bonds is 5. The van der Waals surface area contributed by atoms with Crippen molar-refractivity contribution in [1.29, 1.82) is 0 Å². The molecule has 2 atom stereocenters. The van der Waals surface area contributed by atoms with Gasteiger partial charge in [0.15, 0.2) is 0 Å². The molecule has 1 aromatic heterocycles. The highest BCUT2D eigenvalue weighted by Gasteiger charge is 2.48. The second kappa shape index (κ2) is 5.22. The van der Waals surface area contributed by atoms with Crippen molar-refractivity contribution in [3.8, 4) is 0 Å². The van der Waals surface area contributed by atoms with Crippen LogP contribution in [-0.4, -0.2) is 29.2 Å². The van der Waals surface area contributed by atoms with E-state index in [1.807, 2.05) is 0 Å². The normalized spacial score (nSPS) is 25.6. The van der Waals surface area contributed by atoms with Crippen LogP contribution in [0.1, 0.15) is 39.3 Å². The molecule has 100 valence electrons. The molecule has 2 unspecified atom stereocenters. The molecule has 0 saturated heterocycles. The maximum Gasteiger partial charge on any atom is 0.129 e. The number of aromatic nitrogens is 2. The van der Waals surface area contributed by atoms with Gasteiger partial charge in [-0.15, -0.1) is 0 Å². The van der Waals surface area contributed by atoms with Crippen LogP contribution in [-0.2, 0) is 11.2 Å². The predicted molar refractivity (Wildman–Crippen MR) is 72.6 cm³/mol. The van der Waals surface area contributed by atoms with E-state index < -0.39 is 0 Å². The molecule has 0 spiro atoms. The van der Waals surface area contributed by atoms with Crippen LogP contribution in [0, 0.1) is 5.41 Å². The van der Waals surface area contributed by atoms with E-state index in [9.17, 15) is 0 Å². The van der Waals surface area contributed by atoms with Gasteiger partial charge in [0.2, 0.25) is 0 Å². The molecule has 1 heterocycles. The fourth-order valence-electron chi connectivity index (χ4n) is 2.58. The Balaban J connectivity index is 2.00. The van der Waals surface area contributed by atoms with Crippen LogP contribution in [0.2, 0.25) is 0 Å². The van der Waals surface area contributed by atoms with Gasteiger partial charge in [0.05, 0.1) is 6.10 Å². The molecule has 2 rings (SSSR count). The van der Waals surface area contributed by atoms with Gasteiger partial charge in [0.25, 0.3) is 0 Å². The second-order valence-corrected chi connectivity index (χ2v) is 5.62. The molecule has 4 heteroatoms. The molecule has 0 aliphatic heterocycles. The third-order valence-corrected chi connectivity index (χ3v) is 4.01. The monoisotopic (exact) mass is 249 g/mol. The largest absolute Gasteiger partial charge is 0.381 e. The van der Waals surface area contributed by atoms with E-state index in [0.717, 1.165) is 30.8 Å². The number of hydrogen-bond acceptors (Lipinski definition) is 4. The summed E-state index contributed by atoms with van der Waals surface area (Å²) in [5.41, 5.74) is 1.26. The smallest absolute Gasteiger partial charge is 0.129 e. The SMILES string of the molecule is CCCc1cc(NC2CC(OC)C2(C)C)ncn1. The summed E-state index contributed by atoms with van der Waals surface area (Å²) in [4.78, 5) is 8.57. The van der Waals surface area contributed by atoms with Gasteiger partial charge in [-0.1, -0.05) is 27.2 Å². The van der Waals surface area contributed by atoms with Gasteiger partial charge in [-0.05, 0) is 12.8 Å². The van der Waals surface area contributed by atoms with Crippen LogP contribution < -0.4 is 5.32 Å². The van der Waals surface area contributed by atoms with Gasteiger partial charge in [0, 0.05) is 30.3 Å². The van der Waals surface area contributed by atoms with Crippen molar-refractivity contribution >= 4 is 5.82 Å². The molecule has 1 fully saturated rings. The van der Waals surface area contributed by atoms with Crippen LogP contribution in [0.25, 0.3) is 0 Å². The van der Waals surface area contributed by atoms with Gasteiger partial charge in [0.1, 0.15) is 12.1 Å². The maximum absolute atomic E-state index is 5.46. The minimum absolute atomic E-state index is 0.157. The Labute approximate surface area is 109 Å². The number of anilines is 1. The first-order valence-corrected chi connectivity index (χ1v) is 6.68. The highest BCUT2D eigenvalue weighted by Crippen LogP contribution is 2.43. The summed E-state index contributed by atoms with van der Waals surface area (Å²) in [6.45, 7) is 6.63. The van der Waals surface area contributed by atoms with Crippen LogP contribution in [0.4, 0.5) is 5.82 Å². The van der Waals surface area contributed by atoms with Crippen molar-refractivity contribution < 1.29 is 4.74 Å². The lowest BCUT2D eigenvalue weighted by Gasteiger charge is -2.51. The van der Waals surface area contributed by atoms with E-state index >= 15 is 0 Å². The molecule has 1 aromatic rings. The van der Waals surface area contributed by atoms with Crippen molar-refractivity contribution in [3.63, 3.8) is 0 Å². The number of nitrogens with zero attached hydrogens (tertiary/aromatic N) is 2. The molecule has 0 radical (unpaired) electrons. The molecule has 18 heavy (non-hydrogen) atoms. The molecule has 1 N–H and O–H groups in total. The Morgan fingerprint density at radius 1 is 1.44 bits per heavy atom. The van der Waals surface area contributed by atoms with Crippen molar-refractivity contribution in [3.05, 3.63) is 18.1 Å². The Morgan fingerprint density at radius 2 is 2.22 bits per heavy atom. The van der Waals surface area contributed by atoms with Gasteiger partial charge in [-0.2, -0.15) is 0 Å². The number of methoxy groups -OCH3 is 1. The standard InChI is InChI=1S/C14H23N3O/c1-5-6-10-7-13(16-9-15-10)17-11-8-12(18-4)14(11,2)3/h7,9,11-12H,5-6,8H2,1-4H3,(H,15,16,17). The predicted octanol–water partition coefficient (Wildman–Crippen LogP) is 2.65. The van der Waals surface area contributed by atoms with Crippen molar-refractivity contribution in [1.82, 2.24) is 9.97 Å². The summed E-state index contributed by atoms with van der Waals surface area (Å²) in [7, 11) is 1.78. The highest BCUT2D eigenvalue weighted by atomic mass is 16.5. The first kappa shape index (κ1) is 13.3. The summed E-state index contributed by atoms with van der Waals surface area (Å²) in [6.07, 6.45) is 5.14. The van der Waals surface area contributed by atoms with Crippen molar-refractivity contribution in [2.24, 2.45) is 5.41 Å². The summed E-state index contributed by atoms with van der Waals surface area (Å²) in [5.74, 6) is 0.932. The van der Waals surface area contributed by atoms with Crippen molar-refractivity contribution in [2.45, 2.75) is 52.2 Å². The molecule has 1 saturated carbocycles. The lowest BCUT2D eigenvalue weighted by atomic mass is 9.64. The van der Waals surface area contributed by atoms with Gasteiger partial charge in [-0.3, -0.25) is 0 Å². The average Bonchev–Trinajstić information content (AvgIpc) is 2.35. The number of aryl methyl sites for hydroxylation is 1. The summed E-state index contributed by atoms with van der Waals surface area (Å²) < 4.78 is 5.46. The van der Waals surface area contributed by atoms with E-state index in [0.29, 0.717) is 12.1 Å². The Hall–Kier alpha value is -1.16. The minimum Gasteiger partial charge on any atom is -0.381 e. The molecule has 0 bridgehead atoms. The third kappa shape index (κ3) is 2.48. The van der Waals surface area contributed by atoms with Crippen LogP contribution in [0.3, 0.4) is 0 Å². The molecular weight excluding hydrogens is 226 g/mol. The molecule has 1 aliphatic carbocycles. The number of hydrogen-bond donors (Lipinski definition) is 1. The molecule has 0 amide bonds. The van der Waals surface area contributed by atoms with Crippen LogP contribution >= 0.6 is 0 Å². The number of ether oxygens (including phenoxy) is 1. The molecule has 0 aromatic carbocycles. The van der Waals surface area contributed by atoms with E-state index in [1.165, 1.54) is 0 Å². The zero-order valence-electron chi connectivity index (χ0n) is 11.7. The first-order chi connectivity index (χ1) is 8.57. The van der Waals surface area contributed by atoms with E-state index in [2.05, 4.69) is 42.1 Å². The van der Waals surface area contributed by atoms with Gasteiger partial charge in [-0.25, -0.2) is 9.97 Å². The lowest BCUT2D eigenvalue weighted by Crippen LogP contribution is -2.57. The molecule has 4 nitrogen and oxygen atoms in total. The third-order valence-electron chi connectivity index (χ3n) is 4.01. The topological polar surface area (TPSA) is 47.0 Å². The quantitative estimate of drug-likeness (QED) is 0.871. The lowest BCUT2D eigenvalue weighted by molar-refractivity contribution is -0.0795. The summed E-state index contributed by atoms with van der Waals surface area (Å²) >= 11 is 0. The molecular formula is C14H23N3O. The summed E-state index contributed by atoms with van der Waals surface area (Å²) in [5, 5.41) is 3.50. The molecule has 1 aliphatic rings. The Morgan fingerprint density at radius 3 is 2.83 bits per heavy atom. The Bertz CT molecular complexity index is 406. The van der Waals surface area contributed by atoms with Crippen LogP contribution in [0.15, 0.2) is 12.4 Å². The average molecular weight is 249 g/mol. The highest BCUT2D eigenvalue weighted by molar-refractivity contribution is 5.38. The van der Waals surface area contributed by atoms with Gasteiger partial charge < -0.3 is 10.1 Å². The first-order valence-electron chi connectivity index (χ1n) is 6.68. The van der Waals surface area contributed by atoms with E-state index in [1.54, 1.807) is 13.4 Å². The fraction of sp³-hybridized carbons (Fsp3) is 0.714. The van der Waals surface area contributed by atoms with E-state index in [4.69, 9.17) is 4.74 Å². The summed E-state index contributed by atoms with van der Waals surface area (Å²) in [6, 6.07) is 2.48. The second-order valence-electron chi connectivity index (χ2n) is 5.62. The maximum atomic E-state index is 5.46. The van der Waals surface area contributed by atoms with E-state index in [-0.39, 0.29) is 5.41 Å². The number of nitrogens with one attached hydrogen (secondary N) is 1. The van der Waals surface area contributed by atoms with Crippen molar-refractivity contribution in [2.75, 3.05) is 12.4 Å². The fourth-order valence-corrected chi connectivity index (χ4v) is 2.58. The zero-order chi connectivity index (χ0) is 13.2. The Kier molecular flexibility index (Phi) is 3.85. The van der Waals surface area contributed by atoms with Gasteiger partial charge >= 0.3 is 0 Å². The minimum atomic E-state index is 0.157. The zero-order valence-corrected chi connectivity index (χ0v) is 11.7. The van der Waals surface area contributed by atoms with Crippen LogP contribution in [0.5, 0.6) is 0 Å².